The van der Waals surface area contributed by atoms with E-state index in [0.717, 1.165) is 0 Å². The zero-order valence-electron chi connectivity index (χ0n) is 15.6. The van der Waals surface area contributed by atoms with Gasteiger partial charge in [-0.15, -0.1) is 0 Å². The third kappa shape index (κ3) is 4.34. The van der Waals surface area contributed by atoms with Crippen LogP contribution in [0.2, 0.25) is 0 Å². The van der Waals surface area contributed by atoms with Gasteiger partial charge in [-0.05, 0) is 12.3 Å². The standard InChI is InChI=1S/C16H24N4O7/c1-7-9(5-11(16(22)23)17-8(2)21)13-10(6-12(7)20(24)25)18-14(26-3)15(19-13)27-4/h7,9-13H,5-6H2,1-4H3,(H,17,21)(H,22,23)/t7?,9?,10?,11-,12?,13?/m0/s1. The summed E-state index contributed by atoms with van der Waals surface area (Å²) >= 11 is 0. The van der Waals surface area contributed by atoms with E-state index in [1.54, 1.807) is 6.92 Å². The van der Waals surface area contributed by atoms with Gasteiger partial charge in [0.1, 0.15) is 6.04 Å². The maximum Gasteiger partial charge on any atom is 0.326 e. The average Bonchev–Trinajstić information content (AvgIpc) is 2.60. The molecule has 1 saturated carbocycles. The Labute approximate surface area is 156 Å². The number of carbonyl (C=O) groups excluding carboxylic acids is 1. The molecule has 1 aliphatic carbocycles. The van der Waals surface area contributed by atoms with E-state index in [1.165, 1.54) is 21.1 Å². The maximum absolute atomic E-state index is 11.6. The summed E-state index contributed by atoms with van der Waals surface area (Å²) in [5, 5.41) is 23.3. The lowest BCUT2D eigenvalue weighted by molar-refractivity contribution is -0.538. The monoisotopic (exact) mass is 384 g/mol. The summed E-state index contributed by atoms with van der Waals surface area (Å²) < 4.78 is 10.3. The molecule has 2 aliphatic rings. The number of aliphatic imine (C=N–C) groups is 2. The molecule has 2 N–H and O–H groups in total. The van der Waals surface area contributed by atoms with Crippen molar-refractivity contribution < 1.29 is 29.1 Å². The molecule has 5 unspecified atom stereocenters. The number of carbonyl (C=O) groups is 2. The van der Waals surface area contributed by atoms with E-state index in [4.69, 9.17) is 9.47 Å². The first-order valence-corrected chi connectivity index (χ1v) is 8.56. The number of carboxylic acids is 1. The van der Waals surface area contributed by atoms with E-state index >= 15 is 0 Å². The SMILES string of the molecule is COC1=NC2CC([N+](=O)[O-])C(C)C(C[C@H](NC(C)=O)C(=O)O)C2N=C1OC. The fourth-order valence-corrected chi connectivity index (χ4v) is 3.84. The number of hydrogen-bond acceptors (Lipinski definition) is 8. The van der Waals surface area contributed by atoms with Gasteiger partial charge in [-0.25, -0.2) is 14.8 Å². The molecule has 1 aliphatic heterocycles. The van der Waals surface area contributed by atoms with Gasteiger partial charge >= 0.3 is 5.97 Å². The van der Waals surface area contributed by atoms with Crippen LogP contribution in [0.15, 0.2) is 9.98 Å². The molecule has 0 radical (unpaired) electrons. The molecule has 6 atom stereocenters. The molecule has 1 heterocycles. The second-order valence-electron chi connectivity index (χ2n) is 6.77. The average molecular weight is 384 g/mol. The third-order valence-corrected chi connectivity index (χ3v) is 5.17. The van der Waals surface area contributed by atoms with Crippen LogP contribution < -0.4 is 5.32 Å². The van der Waals surface area contributed by atoms with E-state index < -0.39 is 47.9 Å². The minimum atomic E-state index is -1.20. The van der Waals surface area contributed by atoms with Crippen LogP contribution in [0.4, 0.5) is 0 Å². The molecule has 0 saturated heterocycles. The molecule has 11 heteroatoms. The van der Waals surface area contributed by atoms with Crippen LogP contribution >= 0.6 is 0 Å². The number of nitro groups is 1. The van der Waals surface area contributed by atoms with E-state index in [0.29, 0.717) is 0 Å². The Hall–Kier alpha value is -2.72. The van der Waals surface area contributed by atoms with Gasteiger partial charge in [0, 0.05) is 24.2 Å². The number of fused-ring (bicyclic) bond motifs is 1. The Kier molecular flexibility index (Phi) is 6.34. The summed E-state index contributed by atoms with van der Waals surface area (Å²) in [6.07, 6.45) is 0.167. The summed E-state index contributed by atoms with van der Waals surface area (Å²) in [6, 6.07) is -3.10. The molecule has 0 aromatic carbocycles. The largest absolute Gasteiger partial charge is 0.480 e. The lowest BCUT2D eigenvalue weighted by Gasteiger charge is -2.41. The quantitative estimate of drug-likeness (QED) is 0.504. The van der Waals surface area contributed by atoms with Gasteiger partial charge in [0.25, 0.3) is 11.8 Å². The molecule has 27 heavy (non-hydrogen) atoms. The van der Waals surface area contributed by atoms with Crippen molar-refractivity contribution in [2.24, 2.45) is 21.8 Å². The maximum atomic E-state index is 11.6. The second kappa shape index (κ2) is 8.31. The van der Waals surface area contributed by atoms with Crippen LogP contribution in [0.1, 0.15) is 26.7 Å². The highest BCUT2D eigenvalue weighted by molar-refractivity contribution is 6.35. The number of carboxylic acid groups (broad SMARTS) is 1. The number of ether oxygens (including phenoxy) is 2. The Morgan fingerprint density at radius 3 is 2.41 bits per heavy atom. The summed E-state index contributed by atoms with van der Waals surface area (Å²) in [5.74, 6) is -2.31. The number of aliphatic carboxylic acids is 1. The fourth-order valence-electron chi connectivity index (χ4n) is 3.84. The Bertz CT molecular complexity index is 678. The first-order chi connectivity index (χ1) is 12.7. The Balaban J connectivity index is 2.39. The number of amides is 1. The fraction of sp³-hybridized carbons (Fsp3) is 0.750. The molecule has 150 valence electrons. The molecule has 2 rings (SSSR count). The lowest BCUT2D eigenvalue weighted by atomic mass is 9.69. The molecule has 0 spiro atoms. The van der Waals surface area contributed by atoms with Crippen molar-refractivity contribution in [3.8, 4) is 0 Å². The van der Waals surface area contributed by atoms with Gasteiger partial charge in [0.15, 0.2) is 0 Å². The summed E-state index contributed by atoms with van der Waals surface area (Å²) in [6.45, 7) is 2.93. The summed E-state index contributed by atoms with van der Waals surface area (Å²) in [4.78, 5) is 43.0. The highest BCUT2D eigenvalue weighted by atomic mass is 16.6. The van der Waals surface area contributed by atoms with Crippen LogP contribution in [0, 0.1) is 22.0 Å². The topological polar surface area (TPSA) is 153 Å². The van der Waals surface area contributed by atoms with Crippen molar-refractivity contribution >= 4 is 23.7 Å². The van der Waals surface area contributed by atoms with Crippen molar-refractivity contribution in [1.82, 2.24) is 5.32 Å². The minimum absolute atomic E-state index is 0.0000829. The second-order valence-corrected chi connectivity index (χ2v) is 6.77. The van der Waals surface area contributed by atoms with Crippen LogP contribution in [-0.4, -0.2) is 72.1 Å². The van der Waals surface area contributed by atoms with E-state index in [2.05, 4.69) is 15.3 Å². The molecular weight excluding hydrogens is 360 g/mol. The molecule has 0 aromatic heterocycles. The Morgan fingerprint density at radius 1 is 1.33 bits per heavy atom. The molecule has 0 aromatic rings. The van der Waals surface area contributed by atoms with Crippen molar-refractivity contribution in [3.05, 3.63) is 10.1 Å². The van der Waals surface area contributed by atoms with Crippen LogP contribution in [0.3, 0.4) is 0 Å². The first-order valence-electron chi connectivity index (χ1n) is 8.56. The predicted molar refractivity (Wildman–Crippen MR) is 94.4 cm³/mol. The predicted octanol–water partition coefficient (Wildman–Crippen LogP) is 0.108. The normalized spacial score (nSPS) is 30.9. The number of hydrogen-bond donors (Lipinski definition) is 2. The molecule has 0 bridgehead atoms. The van der Waals surface area contributed by atoms with Crippen molar-refractivity contribution in [3.63, 3.8) is 0 Å². The molecule has 11 nitrogen and oxygen atoms in total. The smallest absolute Gasteiger partial charge is 0.326 e. The van der Waals surface area contributed by atoms with Gasteiger partial charge in [-0.3, -0.25) is 14.9 Å². The Morgan fingerprint density at radius 2 is 1.93 bits per heavy atom. The van der Waals surface area contributed by atoms with Crippen LogP contribution in [0.5, 0.6) is 0 Å². The lowest BCUT2D eigenvalue weighted by Crippen LogP contribution is -2.54. The van der Waals surface area contributed by atoms with Crippen molar-refractivity contribution in [2.75, 3.05) is 14.2 Å². The van der Waals surface area contributed by atoms with Crippen LogP contribution in [-0.2, 0) is 19.1 Å². The highest BCUT2D eigenvalue weighted by Gasteiger charge is 2.51. The minimum Gasteiger partial charge on any atom is -0.480 e. The van der Waals surface area contributed by atoms with E-state index in [1.807, 2.05) is 0 Å². The summed E-state index contributed by atoms with van der Waals surface area (Å²) in [5.41, 5.74) is 0. The zero-order chi connectivity index (χ0) is 20.3. The van der Waals surface area contributed by atoms with Crippen molar-refractivity contribution in [2.45, 2.75) is 50.9 Å². The van der Waals surface area contributed by atoms with Gasteiger partial charge in [-0.1, -0.05) is 6.92 Å². The van der Waals surface area contributed by atoms with Gasteiger partial charge < -0.3 is 19.9 Å². The number of nitrogens with zero attached hydrogens (tertiary/aromatic N) is 3. The molecular formula is C16H24N4O7. The van der Waals surface area contributed by atoms with Gasteiger partial charge in [0.05, 0.1) is 26.3 Å². The number of rotatable bonds is 5. The van der Waals surface area contributed by atoms with Gasteiger partial charge in [0.2, 0.25) is 11.9 Å². The first kappa shape index (κ1) is 20.6. The number of nitrogens with one attached hydrogen (secondary N) is 1. The zero-order valence-corrected chi connectivity index (χ0v) is 15.6. The van der Waals surface area contributed by atoms with E-state index in [9.17, 15) is 24.8 Å². The van der Waals surface area contributed by atoms with Crippen LogP contribution in [0.25, 0.3) is 0 Å². The third-order valence-electron chi connectivity index (χ3n) is 5.17. The molecule has 1 amide bonds. The molecule has 1 fully saturated rings. The summed E-state index contributed by atoms with van der Waals surface area (Å²) in [7, 11) is 2.81. The van der Waals surface area contributed by atoms with E-state index in [-0.39, 0.29) is 29.6 Å². The number of methoxy groups -OCH3 is 2. The van der Waals surface area contributed by atoms with Crippen molar-refractivity contribution in [1.29, 1.82) is 0 Å². The highest BCUT2D eigenvalue weighted by Crippen LogP contribution is 2.39. The van der Waals surface area contributed by atoms with Gasteiger partial charge in [-0.2, -0.15) is 0 Å².